The molecule has 0 aromatic carbocycles. The van der Waals surface area contributed by atoms with Gasteiger partial charge in [0.2, 0.25) is 0 Å². The van der Waals surface area contributed by atoms with Crippen LogP contribution in [0.5, 0.6) is 0 Å². The first-order valence-electron chi connectivity index (χ1n) is 6.00. The zero-order chi connectivity index (χ0) is 10.4. The van der Waals surface area contributed by atoms with Gasteiger partial charge < -0.3 is 0 Å². The lowest BCUT2D eigenvalue weighted by molar-refractivity contribution is -0.137. The van der Waals surface area contributed by atoms with Gasteiger partial charge in [0.15, 0.2) is 0 Å². The van der Waals surface area contributed by atoms with Crippen LogP contribution in [0.4, 0.5) is 0 Å². The highest BCUT2D eigenvalue weighted by atomic mass is 16.1. The first-order valence-corrected chi connectivity index (χ1v) is 6.00. The van der Waals surface area contributed by atoms with Crippen molar-refractivity contribution in [1.82, 2.24) is 0 Å². The summed E-state index contributed by atoms with van der Waals surface area (Å²) in [6, 6.07) is 0. The lowest BCUT2D eigenvalue weighted by Gasteiger charge is -2.56. The first kappa shape index (κ1) is 10.2. The second-order valence-electron chi connectivity index (χ2n) is 5.99. The summed E-state index contributed by atoms with van der Waals surface area (Å²) in [5.41, 5.74) is 0.735. The molecule has 0 heterocycles. The molecule has 0 amide bonds. The largest absolute Gasteiger partial charge is 0.300 e. The predicted molar refractivity (Wildman–Crippen MR) is 58.1 cm³/mol. The molecule has 0 radical (unpaired) electrons. The van der Waals surface area contributed by atoms with Crippen LogP contribution in [0.2, 0.25) is 0 Å². The highest BCUT2D eigenvalue weighted by Gasteiger charge is 2.52. The summed E-state index contributed by atoms with van der Waals surface area (Å²) in [5.74, 6) is 1.30. The van der Waals surface area contributed by atoms with Crippen molar-refractivity contribution in [3.05, 3.63) is 0 Å². The van der Waals surface area contributed by atoms with Gasteiger partial charge in [0.1, 0.15) is 5.78 Å². The highest BCUT2D eigenvalue weighted by molar-refractivity contribution is 5.80. The van der Waals surface area contributed by atoms with Crippen molar-refractivity contribution in [3.8, 4) is 0 Å². The van der Waals surface area contributed by atoms with E-state index in [1.807, 2.05) is 0 Å². The van der Waals surface area contributed by atoms with Crippen LogP contribution in [-0.4, -0.2) is 5.78 Å². The molecule has 0 N–H and O–H groups in total. The second kappa shape index (κ2) is 3.08. The fourth-order valence-corrected chi connectivity index (χ4v) is 3.76. The van der Waals surface area contributed by atoms with Crippen molar-refractivity contribution in [2.24, 2.45) is 16.7 Å². The van der Waals surface area contributed by atoms with E-state index in [0.29, 0.717) is 16.6 Å². The normalized spacial score (nSPS) is 48.8. The van der Waals surface area contributed by atoms with Gasteiger partial charge in [0.05, 0.1) is 0 Å². The van der Waals surface area contributed by atoms with Crippen molar-refractivity contribution in [2.75, 3.05) is 0 Å². The van der Waals surface area contributed by atoms with Gasteiger partial charge in [-0.05, 0) is 29.6 Å². The molecule has 2 fully saturated rings. The van der Waals surface area contributed by atoms with Crippen LogP contribution in [0.15, 0.2) is 0 Å². The van der Waals surface area contributed by atoms with E-state index in [0.717, 1.165) is 25.2 Å². The molecular formula is C13H22O. The van der Waals surface area contributed by atoms with Crippen molar-refractivity contribution < 1.29 is 4.79 Å². The summed E-state index contributed by atoms with van der Waals surface area (Å²) in [5, 5.41) is 0. The average molecular weight is 194 g/mol. The predicted octanol–water partition coefficient (Wildman–Crippen LogP) is 3.57. The monoisotopic (exact) mass is 194 g/mol. The number of hydrogen-bond donors (Lipinski definition) is 0. The Morgan fingerprint density at radius 2 is 2.00 bits per heavy atom. The molecule has 0 aliphatic heterocycles. The highest BCUT2D eigenvalue weighted by Crippen LogP contribution is 2.59. The Labute approximate surface area is 87.3 Å². The summed E-state index contributed by atoms with van der Waals surface area (Å²) >= 11 is 0. The number of carbonyl (C=O) groups is 1. The maximum absolute atomic E-state index is 11.6. The van der Waals surface area contributed by atoms with Gasteiger partial charge in [0, 0.05) is 12.8 Å². The van der Waals surface area contributed by atoms with E-state index in [-0.39, 0.29) is 0 Å². The zero-order valence-corrected chi connectivity index (χ0v) is 9.73. The van der Waals surface area contributed by atoms with E-state index < -0.39 is 0 Å². The minimum atomic E-state index is 0.306. The molecule has 2 aliphatic carbocycles. The molecule has 1 nitrogen and oxygen atoms in total. The Morgan fingerprint density at radius 1 is 1.29 bits per heavy atom. The Bertz CT molecular complexity index is 258. The van der Waals surface area contributed by atoms with Crippen molar-refractivity contribution in [1.29, 1.82) is 0 Å². The van der Waals surface area contributed by atoms with E-state index in [9.17, 15) is 4.79 Å². The van der Waals surface area contributed by atoms with E-state index in [4.69, 9.17) is 0 Å². The maximum atomic E-state index is 11.6. The fourth-order valence-electron chi connectivity index (χ4n) is 3.76. The summed E-state index contributed by atoms with van der Waals surface area (Å²) in [6.45, 7) is 7.15. The van der Waals surface area contributed by atoms with Crippen LogP contribution in [-0.2, 0) is 4.79 Å². The van der Waals surface area contributed by atoms with Crippen molar-refractivity contribution >= 4 is 5.78 Å². The lowest BCUT2D eigenvalue weighted by atomic mass is 9.48. The van der Waals surface area contributed by atoms with Crippen LogP contribution in [0.25, 0.3) is 0 Å². The zero-order valence-electron chi connectivity index (χ0n) is 9.73. The molecule has 0 aromatic rings. The van der Waals surface area contributed by atoms with Gasteiger partial charge in [0.25, 0.3) is 0 Å². The van der Waals surface area contributed by atoms with E-state index in [1.165, 1.54) is 19.3 Å². The molecule has 0 saturated heterocycles. The molecule has 2 rings (SSSR count). The molecule has 2 aliphatic rings. The standard InChI is InChI=1S/C13H22O/c1-10-5-4-7-12(2)9-11(14)6-8-13(10,12)3/h10H,4-9H2,1-3H3/t10-,12-,13-/m1/s1. The third kappa shape index (κ3) is 1.24. The third-order valence-electron chi connectivity index (χ3n) is 5.34. The number of Topliss-reactive ketones (excluding diaryl/α,β-unsaturated/α-hetero) is 1. The summed E-state index contributed by atoms with van der Waals surface area (Å²) in [7, 11) is 0. The number of fused-ring (bicyclic) bond motifs is 1. The minimum Gasteiger partial charge on any atom is -0.300 e. The molecule has 1 heteroatoms. The van der Waals surface area contributed by atoms with Crippen LogP contribution in [0.3, 0.4) is 0 Å². The van der Waals surface area contributed by atoms with Gasteiger partial charge in [-0.1, -0.05) is 33.6 Å². The first-order chi connectivity index (χ1) is 6.48. The van der Waals surface area contributed by atoms with Gasteiger partial charge in [-0.3, -0.25) is 4.79 Å². The number of carbonyl (C=O) groups excluding carboxylic acids is 1. The Balaban J connectivity index is 2.31. The number of hydrogen-bond acceptors (Lipinski definition) is 1. The van der Waals surface area contributed by atoms with Crippen LogP contribution < -0.4 is 0 Å². The van der Waals surface area contributed by atoms with Gasteiger partial charge >= 0.3 is 0 Å². The smallest absolute Gasteiger partial charge is 0.133 e. The second-order valence-corrected chi connectivity index (χ2v) is 5.99. The van der Waals surface area contributed by atoms with Crippen molar-refractivity contribution in [2.45, 2.75) is 59.3 Å². The summed E-state index contributed by atoms with van der Waals surface area (Å²) in [6.07, 6.45) is 6.74. The SMILES string of the molecule is C[C@@H]1CCC[C@]2(C)CC(=O)CC[C@]12C. The Kier molecular flexibility index (Phi) is 2.24. The van der Waals surface area contributed by atoms with Crippen molar-refractivity contribution in [3.63, 3.8) is 0 Å². The van der Waals surface area contributed by atoms with Crippen LogP contribution >= 0.6 is 0 Å². The molecular weight excluding hydrogens is 172 g/mol. The summed E-state index contributed by atoms with van der Waals surface area (Å²) in [4.78, 5) is 11.6. The average Bonchev–Trinajstić information content (AvgIpc) is 2.10. The van der Waals surface area contributed by atoms with Gasteiger partial charge in [-0.25, -0.2) is 0 Å². The molecule has 14 heavy (non-hydrogen) atoms. The quantitative estimate of drug-likeness (QED) is 0.576. The molecule has 0 unspecified atom stereocenters. The fraction of sp³-hybridized carbons (Fsp3) is 0.923. The molecule has 0 spiro atoms. The lowest BCUT2D eigenvalue weighted by Crippen LogP contribution is -2.49. The minimum absolute atomic E-state index is 0.306. The van der Waals surface area contributed by atoms with E-state index >= 15 is 0 Å². The molecule has 2 saturated carbocycles. The molecule has 3 atom stereocenters. The van der Waals surface area contributed by atoms with Crippen LogP contribution in [0, 0.1) is 16.7 Å². The van der Waals surface area contributed by atoms with Gasteiger partial charge in [-0.15, -0.1) is 0 Å². The molecule has 80 valence electrons. The number of ketones is 1. The summed E-state index contributed by atoms with van der Waals surface area (Å²) < 4.78 is 0. The third-order valence-corrected chi connectivity index (χ3v) is 5.34. The maximum Gasteiger partial charge on any atom is 0.133 e. The molecule has 0 aromatic heterocycles. The Hall–Kier alpha value is -0.330. The van der Waals surface area contributed by atoms with E-state index in [2.05, 4.69) is 20.8 Å². The van der Waals surface area contributed by atoms with E-state index in [1.54, 1.807) is 0 Å². The van der Waals surface area contributed by atoms with Gasteiger partial charge in [-0.2, -0.15) is 0 Å². The molecule has 0 bridgehead atoms. The topological polar surface area (TPSA) is 17.1 Å². The van der Waals surface area contributed by atoms with Crippen LogP contribution in [0.1, 0.15) is 59.3 Å². The number of rotatable bonds is 0. The Morgan fingerprint density at radius 3 is 2.71 bits per heavy atom.